The molecule has 22 heavy (non-hydrogen) atoms. The second-order valence-corrected chi connectivity index (χ2v) is 6.73. The molecule has 1 aliphatic rings. The van der Waals surface area contributed by atoms with Crippen LogP contribution in [0, 0.1) is 0 Å². The summed E-state index contributed by atoms with van der Waals surface area (Å²) in [6.07, 6.45) is 0.474. The lowest BCUT2D eigenvalue weighted by molar-refractivity contribution is 0.0185. The van der Waals surface area contributed by atoms with Gasteiger partial charge >= 0.3 is 6.09 Å². The maximum Gasteiger partial charge on any atom is 0.410 e. The monoisotopic (exact) mass is 306 g/mol. The number of nitrogens with two attached hydrogens (primary N) is 1. The molecule has 0 radical (unpaired) electrons. The van der Waals surface area contributed by atoms with Gasteiger partial charge in [0.1, 0.15) is 11.4 Å². The lowest BCUT2D eigenvalue weighted by atomic mass is 9.86. The third-order valence-corrected chi connectivity index (χ3v) is 3.86. The fraction of sp³-hybridized carbons (Fsp3) is 0.588. The zero-order chi connectivity index (χ0) is 16.3. The molecule has 0 unspecified atom stereocenters. The summed E-state index contributed by atoms with van der Waals surface area (Å²) in [5.41, 5.74) is 6.85. The summed E-state index contributed by atoms with van der Waals surface area (Å²) < 4.78 is 10.9. The van der Waals surface area contributed by atoms with Crippen LogP contribution in [-0.4, -0.2) is 42.8 Å². The smallest absolute Gasteiger partial charge is 0.410 e. The number of hydrogen-bond acceptors (Lipinski definition) is 4. The van der Waals surface area contributed by atoms with Crippen LogP contribution < -0.4 is 10.5 Å². The number of piperidine rings is 1. The maximum absolute atomic E-state index is 12.3. The number of hydrogen-bond donors (Lipinski definition) is 1. The van der Waals surface area contributed by atoms with Crippen molar-refractivity contribution in [2.45, 2.75) is 44.8 Å². The number of rotatable bonds is 2. The molecule has 1 heterocycles. The average Bonchev–Trinajstić information content (AvgIpc) is 2.46. The van der Waals surface area contributed by atoms with Gasteiger partial charge in [-0.25, -0.2) is 4.79 Å². The molecule has 0 bridgehead atoms. The normalized spacial score (nSPS) is 22.3. The van der Waals surface area contributed by atoms with E-state index in [0.29, 0.717) is 13.1 Å². The first-order chi connectivity index (χ1) is 10.3. The number of benzene rings is 1. The molecule has 1 aromatic carbocycles. The minimum Gasteiger partial charge on any atom is -0.496 e. The lowest BCUT2D eigenvalue weighted by Crippen LogP contribution is -2.49. The Morgan fingerprint density at radius 1 is 1.32 bits per heavy atom. The van der Waals surface area contributed by atoms with E-state index >= 15 is 0 Å². The summed E-state index contributed by atoms with van der Waals surface area (Å²) in [5, 5.41) is 0. The number of methoxy groups -OCH3 is 1. The molecule has 1 saturated heterocycles. The van der Waals surface area contributed by atoms with Gasteiger partial charge in [-0.05, 0) is 33.3 Å². The second kappa shape index (κ2) is 6.57. The van der Waals surface area contributed by atoms with Gasteiger partial charge in [0.25, 0.3) is 0 Å². The van der Waals surface area contributed by atoms with Gasteiger partial charge in [0.2, 0.25) is 0 Å². The van der Waals surface area contributed by atoms with Crippen LogP contribution in [-0.2, 0) is 4.74 Å². The van der Waals surface area contributed by atoms with E-state index in [0.717, 1.165) is 17.7 Å². The number of para-hydroxylation sites is 1. The summed E-state index contributed by atoms with van der Waals surface area (Å²) in [7, 11) is 1.65. The molecule has 5 heteroatoms. The van der Waals surface area contributed by atoms with E-state index in [9.17, 15) is 4.79 Å². The Kier molecular flexibility index (Phi) is 4.96. The minimum atomic E-state index is -0.490. The van der Waals surface area contributed by atoms with E-state index in [4.69, 9.17) is 15.2 Å². The summed E-state index contributed by atoms with van der Waals surface area (Å²) >= 11 is 0. The van der Waals surface area contributed by atoms with Crippen molar-refractivity contribution in [3.63, 3.8) is 0 Å². The molecule has 122 valence electrons. The Bertz CT molecular complexity index is 525. The fourth-order valence-electron chi connectivity index (χ4n) is 2.76. The predicted molar refractivity (Wildman–Crippen MR) is 86.1 cm³/mol. The molecule has 2 atom stereocenters. The predicted octanol–water partition coefficient (Wildman–Crippen LogP) is 2.75. The minimum absolute atomic E-state index is 0.00925. The molecule has 2 rings (SSSR count). The Labute approximate surface area is 132 Å². The van der Waals surface area contributed by atoms with Crippen LogP contribution in [0.2, 0.25) is 0 Å². The second-order valence-electron chi connectivity index (χ2n) is 6.73. The number of ether oxygens (including phenoxy) is 2. The van der Waals surface area contributed by atoms with Gasteiger partial charge in [-0.15, -0.1) is 0 Å². The van der Waals surface area contributed by atoms with Gasteiger partial charge in [-0.1, -0.05) is 18.2 Å². The molecule has 0 spiro atoms. The average molecular weight is 306 g/mol. The van der Waals surface area contributed by atoms with E-state index in [2.05, 4.69) is 0 Å². The van der Waals surface area contributed by atoms with Gasteiger partial charge < -0.3 is 20.1 Å². The molecule has 0 aliphatic carbocycles. The van der Waals surface area contributed by atoms with Crippen LogP contribution in [0.4, 0.5) is 4.79 Å². The summed E-state index contributed by atoms with van der Waals surface area (Å²) in [6, 6.07) is 7.85. The van der Waals surface area contributed by atoms with Gasteiger partial charge in [-0.2, -0.15) is 0 Å². The summed E-state index contributed by atoms with van der Waals surface area (Å²) in [5.74, 6) is 0.867. The molecule has 1 amide bonds. The Morgan fingerprint density at radius 3 is 2.64 bits per heavy atom. The first-order valence-electron chi connectivity index (χ1n) is 7.68. The molecule has 5 nitrogen and oxygen atoms in total. The van der Waals surface area contributed by atoms with E-state index < -0.39 is 5.60 Å². The molecular weight excluding hydrogens is 280 g/mol. The highest BCUT2D eigenvalue weighted by Crippen LogP contribution is 2.33. The van der Waals surface area contributed by atoms with Crippen LogP contribution in [0.3, 0.4) is 0 Å². The standard InChI is InChI=1S/C17H26N2O3/c1-17(2,3)22-16(20)19-10-9-14(18)13(11-19)12-7-5-6-8-15(12)21-4/h5-8,13-14H,9-11,18H2,1-4H3/t13-,14+/m1/s1. The van der Waals surface area contributed by atoms with Gasteiger partial charge in [-0.3, -0.25) is 0 Å². The number of amides is 1. The van der Waals surface area contributed by atoms with E-state index in [1.54, 1.807) is 12.0 Å². The first-order valence-corrected chi connectivity index (χ1v) is 7.68. The van der Waals surface area contributed by atoms with E-state index in [-0.39, 0.29) is 18.1 Å². The zero-order valence-electron chi connectivity index (χ0n) is 13.8. The molecule has 0 saturated carbocycles. The van der Waals surface area contributed by atoms with Crippen LogP contribution in [0.1, 0.15) is 38.7 Å². The van der Waals surface area contributed by atoms with Crippen molar-refractivity contribution in [3.05, 3.63) is 29.8 Å². The maximum atomic E-state index is 12.3. The third-order valence-electron chi connectivity index (χ3n) is 3.86. The van der Waals surface area contributed by atoms with Crippen molar-refractivity contribution in [1.29, 1.82) is 0 Å². The van der Waals surface area contributed by atoms with Crippen molar-refractivity contribution in [2.75, 3.05) is 20.2 Å². The fourth-order valence-corrected chi connectivity index (χ4v) is 2.76. The van der Waals surface area contributed by atoms with Crippen molar-refractivity contribution in [1.82, 2.24) is 4.90 Å². The lowest BCUT2D eigenvalue weighted by Gasteiger charge is -2.38. The summed E-state index contributed by atoms with van der Waals surface area (Å²) in [6.45, 7) is 6.80. The molecule has 0 aromatic heterocycles. The van der Waals surface area contributed by atoms with Crippen molar-refractivity contribution in [3.8, 4) is 5.75 Å². The number of likely N-dealkylation sites (tertiary alicyclic amines) is 1. The highest BCUT2D eigenvalue weighted by Gasteiger charge is 2.33. The third kappa shape index (κ3) is 3.91. The summed E-state index contributed by atoms with van der Waals surface area (Å²) in [4.78, 5) is 14.0. The van der Waals surface area contributed by atoms with Gasteiger partial charge in [0.05, 0.1) is 7.11 Å². The van der Waals surface area contributed by atoms with Gasteiger partial charge in [0, 0.05) is 30.6 Å². The van der Waals surface area contributed by atoms with Crippen molar-refractivity contribution >= 4 is 6.09 Å². The van der Waals surface area contributed by atoms with Crippen LogP contribution in [0.25, 0.3) is 0 Å². The zero-order valence-corrected chi connectivity index (χ0v) is 13.8. The quantitative estimate of drug-likeness (QED) is 0.912. The van der Waals surface area contributed by atoms with Crippen LogP contribution in [0.5, 0.6) is 5.75 Å². The number of carbonyl (C=O) groups excluding carboxylic acids is 1. The Balaban J connectivity index is 2.16. The Morgan fingerprint density at radius 2 is 2.00 bits per heavy atom. The van der Waals surface area contributed by atoms with Crippen molar-refractivity contribution < 1.29 is 14.3 Å². The highest BCUT2D eigenvalue weighted by molar-refractivity contribution is 5.68. The number of carbonyl (C=O) groups is 1. The number of nitrogens with zero attached hydrogens (tertiary/aromatic N) is 1. The molecular formula is C17H26N2O3. The Hall–Kier alpha value is -1.75. The molecule has 2 N–H and O–H groups in total. The SMILES string of the molecule is COc1ccccc1[C@H]1CN(C(=O)OC(C)(C)C)CC[C@@H]1N. The van der Waals surface area contributed by atoms with E-state index in [1.807, 2.05) is 45.0 Å². The molecule has 1 aromatic rings. The van der Waals surface area contributed by atoms with Crippen molar-refractivity contribution in [2.24, 2.45) is 5.73 Å². The largest absolute Gasteiger partial charge is 0.496 e. The molecule has 1 aliphatic heterocycles. The molecule has 1 fully saturated rings. The van der Waals surface area contributed by atoms with Crippen LogP contribution in [0.15, 0.2) is 24.3 Å². The van der Waals surface area contributed by atoms with Crippen LogP contribution >= 0.6 is 0 Å². The topological polar surface area (TPSA) is 64.8 Å². The van der Waals surface area contributed by atoms with E-state index in [1.165, 1.54) is 0 Å². The van der Waals surface area contributed by atoms with Gasteiger partial charge in [0.15, 0.2) is 0 Å². The highest BCUT2D eigenvalue weighted by atomic mass is 16.6. The first kappa shape index (κ1) is 16.6.